The Morgan fingerprint density at radius 2 is 2.29 bits per heavy atom. The first-order valence-corrected chi connectivity index (χ1v) is 6.76. The summed E-state index contributed by atoms with van der Waals surface area (Å²) in [6.07, 6.45) is 11.5. The maximum absolute atomic E-state index is 12.4. The number of nitrogens with zero attached hydrogens (tertiary/aromatic N) is 1. The molecule has 1 aliphatic carbocycles. The van der Waals surface area contributed by atoms with Crippen molar-refractivity contribution in [2.45, 2.75) is 63.6 Å². The van der Waals surface area contributed by atoms with Crippen LogP contribution in [0.1, 0.15) is 45.4 Å². The Morgan fingerprint density at radius 3 is 2.88 bits per heavy atom. The summed E-state index contributed by atoms with van der Waals surface area (Å²) in [6.45, 7) is 2.98. The van der Waals surface area contributed by atoms with Crippen molar-refractivity contribution in [1.82, 2.24) is 10.2 Å². The smallest absolute Gasteiger partial charge is 0.239 e. The quantitative estimate of drug-likeness (QED) is 0.732. The van der Waals surface area contributed by atoms with Gasteiger partial charge in [-0.3, -0.25) is 4.79 Å². The molecule has 1 amide bonds. The van der Waals surface area contributed by atoms with Crippen molar-refractivity contribution < 1.29 is 4.79 Å². The van der Waals surface area contributed by atoms with Crippen LogP contribution in [0.25, 0.3) is 0 Å². The van der Waals surface area contributed by atoms with Gasteiger partial charge in [0.1, 0.15) is 0 Å². The van der Waals surface area contributed by atoms with Crippen molar-refractivity contribution in [3.05, 3.63) is 0 Å². The fourth-order valence-electron chi connectivity index (χ4n) is 2.56. The molecule has 1 saturated carbocycles. The molecule has 0 aromatic carbocycles. The lowest BCUT2D eigenvalue weighted by atomic mass is 10.00. The van der Waals surface area contributed by atoms with Gasteiger partial charge >= 0.3 is 0 Å². The second kappa shape index (κ2) is 5.55. The highest BCUT2D eigenvalue weighted by Crippen LogP contribution is 2.24. The average molecular weight is 234 g/mol. The van der Waals surface area contributed by atoms with Gasteiger partial charge in [-0.15, -0.1) is 12.3 Å². The van der Waals surface area contributed by atoms with Gasteiger partial charge in [-0.1, -0.05) is 6.92 Å². The molecule has 3 nitrogen and oxygen atoms in total. The van der Waals surface area contributed by atoms with Crippen molar-refractivity contribution in [3.8, 4) is 12.3 Å². The van der Waals surface area contributed by atoms with E-state index in [2.05, 4.69) is 18.2 Å². The van der Waals surface area contributed by atoms with E-state index in [9.17, 15) is 4.79 Å². The van der Waals surface area contributed by atoms with Gasteiger partial charge in [-0.25, -0.2) is 0 Å². The highest BCUT2D eigenvalue weighted by Gasteiger charge is 2.35. The number of piperidine rings is 1. The molecule has 0 spiro atoms. The first kappa shape index (κ1) is 12.4. The topological polar surface area (TPSA) is 32.3 Å². The molecule has 0 aromatic heterocycles. The Labute approximate surface area is 104 Å². The van der Waals surface area contributed by atoms with Crippen LogP contribution in [0.3, 0.4) is 0 Å². The molecule has 1 saturated heterocycles. The standard InChI is InChI=1S/C14H22N2O/c1-3-6-12(4-2)16-10-5-7-13(14(16)17)15-11-8-9-11/h1,11-13,15H,4-10H2,2H3. The summed E-state index contributed by atoms with van der Waals surface area (Å²) in [5.74, 6) is 2.96. The Balaban J connectivity index is 1.96. The minimum Gasteiger partial charge on any atom is -0.337 e. The highest BCUT2D eigenvalue weighted by molar-refractivity contribution is 5.83. The predicted molar refractivity (Wildman–Crippen MR) is 68.4 cm³/mol. The summed E-state index contributed by atoms with van der Waals surface area (Å²) in [6, 6.07) is 0.871. The molecule has 3 heteroatoms. The number of hydrogen-bond acceptors (Lipinski definition) is 2. The van der Waals surface area contributed by atoms with Gasteiger partial charge in [0, 0.05) is 25.0 Å². The number of likely N-dealkylation sites (tertiary alicyclic amines) is 1. The fraction of sp³-hybridized carbons (Fsp3) is 0.786. The highest BCUT2D eigenvalue weighted by atomic mass is 16.2. The molecule has 2 rings (SSSR count). The third-order valence-corrected chi connectivity index (χ3v) is 3.75. The van der Waals surface area contributed by atoms with Crippen molar-refractivity contribution in [1.29, 1.82) is 0 Å². The van der Waals surface area contributed by atoms with E-state index in [-0.39, 0.29) is 18.0 Å². The van der Waals surface area contributed by atoms with E-state index in [1.165, 1.54) is 12.8 Å². The lowest BCUT2D eigenvalue weighted by Gasteiger charge is -2.37. The van der Waals surface area contributed by atoms with Crippen LogP contribution in [0.5, 0.6) is 0 Å². The maximum Gasteiger partial charge on any atom is 0.239 e. The zero-order valence-electron chi connectivity index (χ0n) is 10.6. The molecule has 1 heterocycles. The Kier molecular flexibility index (Phi) is 4.06. The monoisotopic (exact) mass is 234 g/mol. The Bertz CT molecular complexity index is 317. The number of terminal acetylenes is 1. The fourth-order valence-corrected chi connectivity index (χ4v) is 2.56. The SMILES string of the molecule is C#CCC(CC)N1CCCC(NC2CC2)C1=O. The van der Waals surface area contributed by atoms with Crippen LogP contribution in [-0.4, -0.2) is 35.5 Å². The molecule has 2 unspecified atom stereocenters. The molecule has 0 aromatic rings. The van der Waals surface area contributed by atoms with E-state index in [1.54, 1.807) is 0 Å². The summed E-state index contributed by atoms with van der Waals surface area (Å²) < 4.78 is 0. The third-order valence-electron chi connectivity index (χ3n) is 3.75. The van der Waals surface area contributed by atoms with Crippen LogP contribution in [0.2, 0.25) is 0 Å². The second-order valence-electron chi connectivity index (χ2n) is 5.14. The van der Waals surface area contributed by atoms with Crippen LogP contribution >= 0.6 is 0 Å². The number of carbonyl (C=O) groups excluding carboxylic acids is 1. The van der Waals surface area contributed by atoms with Gasteiger partial charge in [0.2, 0.25) is 5.91 Å². The Morgan fingerprint density at radius 1 is 1.53 bits per heavy atom. The normalized spacial score (nSPS) is 26.7. The van der Waals surface area contributed by atoms with E-state index < -0.39 is 0 Å². The maximum atomic E-state index is 12.4. The lowest BCUT2D eigenvalue weighted by Crippen LogP contribution is -2.54. The molecule has 1 aliphatic heterocycles. The molecule has 2 aliphatic rings. The third kappa shape index (κ3) is 3.01. The van der Waals surface area contributed by atoms with E-state index in [0.29, 0.717) is 12.5 Å². The van der Waals surface area contributed by atoms with Crippen molar-refractivity contribution in [2.24, 2.45) is 0 Å². The number of carbonyl (C=O) groups is 1. The van der Waals surface area contributed by atoms with Crippen LogP contribution in [0.15, 0.2) is 0 Å². The van der Waals surface area contributed by atoms with Gasteiger partial charge < -0.3 is 10.2 Å². The zero-order chi connectivity index (χ0) is 12.3. The van der Waals surface area contributed by atoms with E-state index in [4.69, 9.17) is 6.42 Å². The van der Waals surface area contributed by atoms with E-state index >= 15 is 0 Å². The average Bonchev–Trinajstić information content (AvgIpc) is 3.13. The second-order valence-corrected chi connectivity index (χ2v) is 5.14. The molecule has 17 heavy (non-hydrogen) atoms. The van der Waals surface area contributed by atoms with Crippen LogP contribution in [-0.2, 0) is 4.79 Å². The molecule has 2 atom stereocenters. The summed E-state index contributed by atoms with van der Waals surface area (Å²) >= 11 is 0. The van der Waals surface area contributed by atoms with Crippen LogP contribution in [0.4, 0.5) is 0 Å². The minimum absolute atomic E-state index is 0.0445. The Hall–Kier alpha value is -1.01. The molecule has 0 bridgehead atoms. The van der Waals surface area contributed by atoms with Crippen molar-refractivity contribution in [3.63, 3.8) is 0 Å². The molecule has 1 N–H and O–H groups in total. The first-order chi connectivity index (χ1) is 8.26. The van der Waals surface area contributed by atoms with Crippen molar-refractivity contribution >= 4 is 5.91 Å². The van der Waals surface area contributed by atoms with Gasteiger partial charge in [-0.2, -0.15) is 0 Å². The van der Waals surface area contributed by atoms with Gasteiger partial charge in [0.15, 0.2) is 0 Å². The summed E-state index contributed by atoms with van der Waals surface area (Å²) in [5, 5.41) is 3.45. The summed E-state index contributed by atoms with van der Waals surface area (Å²) in [5.41, 5.74) is 0. The molecular formula is C14H22N2O. The number of rotatable bonds is 5. The first-order valence-electron chi connectivity index (χ1n) is 6.76. The number of hydrogen-bond donors (Lipinski definition) is 1. The largest absolute Gasteiger partial charge is 0.337 e. The van der Waals surface area contributed by atoms with Crippen LogP contribution < -0.4 is 5.32 Å². The van der Waals surface area contributed by atoms with Crippen molar-refractivity contribution in [2.75, 3.05) is 6.54 Å². The number of nitrogens with one attached hydrogen (secondary N) is 1. The predicted octanol–water partition coefficient (Wildman–Crippen LogP) is 1.53. The van der Waals surface area contributed by atoms with Gasteiger partial charge in [0.05, 0.1) is 6.04 Å². The van der Waals surface area contributed by atoms with Gasteiger partial charge in [0.25, 0.3) is 0 Å². The van der Waals surface area contributed by atoms with E-state index in [1.807, 2.05) is 4.90 Å². The number of amides is 1. The summed E-state index contributed by atoms with van der Waals surface area (Å²) in [4.78, 5) is 14.4. The molecule has 2 fully saturated rings. The van der Waals surface area contributed by atoms with E-state index in [0.717, 1.165) is 25.8 Å². The molecular weight excluding hydrogens is 212 g/mol. The summed E-state index contributed by atoms with van der Waals surface area (Å²) in [7, 11) is 0. The molecule has 0 radical (unpaired) electrons. The van der Waals surface area contributed by atoms with Crippen LogP contribution in [0, 0.1) is 12.3 Å². The van der Waals surface area contributed by atoms with Gasteiger partial charge in [-0.05, 0) is 32.1 Å². The lowest BCUT2D eigenvalue weighted by molar-refractivity contribution is -0.138. The minimum atomic E-state index is 0.0445. The zero-order valence-corrected chi connectivity index (χ0v) is 10.6. The molecule has 94 valence electrons.